The molecular weight excluding hydrogens is 240 g/mol. The van der Waals surface area contributed by atoms with E-state index in [9.17, 15) is 13.0 Å². The maximum Gasteiger partial charge on any atom is 0.241 e. The lowest BCUT2D eigenvalue weighted by Crippen LogP contribution is -2.27. The molecule has 0 saturated carbocycles. The van der Waals surface area contributed by atoms with Gasteiger partial charge in [0.25, 0.3) is 0 Å². The molecule has 0 atom stereocenters. The summed E-state index contributed by atoms with van der Waals surface area (Å²) in [7, 11) is -4.25. The smallest absolute Gasteiger partial charge is 0.241 e. The van der Waals surface area contributed by atoms with Crippen molar-refractivity contribution in [3.63, 3.8) is 0 Å². The summed E-state index contributed by atoms with van der Waals surface area (Å²) in [5.41, 5.74) is 0. The maximum atomic E-state index is 10.3. The van der Waals surface area contributed by atoms with E-state index in [1.807, 2.05) is 18.7 Å². The van der Waals surface area contributed by atoms with Gasteiger partial charge in [-0.3, -0.25) is 4.98 Å². The molecule has 0 spiro atoms. The standard InChI is InChI=1S/C6H6O3S.C5H8N2/c7-10(8,9)6-4-2-1-3-5-6;1-2-7-4-3-6-5-7/h1-5H,(H,7,8,9);3-5H,2H2,1H3. The van der Waals surface area contributed by atoms with Gasteiger partial charge in [0.1, 0.15) is 22.5 Å². The number of aromatic nitrogens is 2. The summed E-state index contributed by atoms with van der Waals surface area (Å²) in [5, 5.41) is 0. The third-order valence-corrected chi connectivity index (χ3v) is 2.85. The Kier molecular flexibility index (Phi) is 4.86. The first-order chi connectivity index (χ1) is 8.04. The van der Waals surface area contributed by atoms with Crippen molar-refractivity contribution in [2.24, 2.45) is 0 Å². The minimum absolute atomic E-state index is 0.185. The van der Waals surface area contributed by atoms with Gasteiger partial charge in [0.05, 0.1) is 11.4 Å². The van der Waals surface area contributed by atoms with Crippen molar-refractivity contribution in [2.75, 3.05) is 0 Å². The fraction of sp³-hybridized carbons (Fsp3) is 0.182. The average molecular weight is 254 g/mol. The van der Waals surface area contributed by atoms with Crippen LogP contribution in [0.5, 0.6) is 0 Å². The molecule has 1 aromatic carbocycles. The predicted octanol–water partition coefficient (Wildman–Crippen LogP) is 0.913. The Labute approximate surface area is 100 Å². The molecule has 0 fully saturated rings. The van der Waals surface area contributed by atoms with Crippen LogP contribution in [0.3, 0.4) is 0 Å². The number of aromatic amines is 1. The molecule has 0 unspecified atom stereocenters. The third kappa shape index (κ3) is 4.80. The zero-order chi connectivity index (χ0) is 12.7. The number of H-pyrrole nitrogens is 1. The number of aryl methyl sites for hydroxylation is 1. The van der Waals surface area contributed by atoms with Gasteiger partial charge in [-0.05, 0) is 19.1 Å². The van der Waals surface area contributed by atoms with Crippen molar-refractivity contribution in [3.8, 4) is 0 Å². The van der Waals surface area contributed by atoms with Crippen LogP contribution < -0.4 is 4.57 Å². The molecule has 0 aliphatic rings. The molecule has 2 rings (SSSR count). The third-order valence-electron chi connectivity index (χ3n) is 2.00. The van der Waals surface area contributed by atoms with E-state index in [2.05, 4.69) is 16.5 Å². The van der Waals surface area contributed by atoms with Gasteiger partial charge in [0, 0.05) is 0 Å². The second-order valence-electron chi connectivity index (χ2n) is 3.21. The highest BCUT2D eigenvalue weighted by molar-refractivity contribution is 7.85. The summed E-state index contributed by atoms with van der Waals surface area (Å²) in [6.07, 6.45) is 5.84. The molecule has 0 aliphatic carbocycles. The van der Waals surface area contributed by atoms with Crippen LogP contribution in [0, 0.1) is 0 Å². The van der Waals surface area contributed by atoms with Gasteiger partial charge in [-0.15, -0.1) is 0 Å². The van der Waals surface area contributed by atoms with Crippen LogP contribution in [0.25, 0.3) is 0 Å². The van der Waals surface area contributed by atoms with Gasteiger partial charge in [-0.1, -0.05) is 18.2 Å². The lowest BCUT2D eigenvalue weighted by atomic mass is 10.4. The molecule has 0 saturated heterocycles. The van der Waals surface area contributed by atoms with Crippen LogP contribution in [-0.2, 0) is 16.7 Å². The number of nitrogens with zero attached hydrogens (tertiary/aromatic N) is 1. The summed E-state index contributed by atoms with van der Waals surface area (Å²) < 4.78 is 32.9. The Bertz CT molecular complexity index is 521. The molecule has 92 valence electrons. The molecular formula is C11H14N2O3S. The Morgan fingerprint density at radius 3 is 2.24 bits per heavy atom. The molecule has 0 aliphatic heterocycles. The van der Waals surface area contributed by atoms with Gasteiger partial charge >= 0.3 is 0 Å². The molecule has 6 heteroatoms. The van der Waals surface area contributed by atoms with E-state index in [-0.39, 0.29) is 4.90 Å². The van der Waals surface area contributed by atoms with Crippen LogP contribution in [0.15, 0.2) is 53.9 Å². The van der Waals surface area contributed by atoms with Crippen LogP contribution >= 0.6 is 0 Å². The minimum Gasteiger partial charge on any atom is -0.744 e. The Morgan fingerprint density at radius 1 is 1.29 bits per heavy atom. The normalized spacial score (nSPS) is 10.5. The molecule has 2 aromatic rings. The highest BCUT2D eigenvalue weighted by Gasteiger charge is 1.95. The van der Waals surface area contributed by atoms with Gasteiger partial charge in [0.15, 0.2) is 0 Å². The summed E-state index contributed by atoms with van der Waals surface area (Å²) >= 11 is 0. The second-order valence-corrected chi connectivity index (χ2v) is 4.59. The first-order valence-electron chi connectivity index (χ1n) is 5.07. The molecule has 5 nitrogen and oxygen atoms in total. The predicted molar refractivity (Wildman–Crippen MR) is 61.1 cm³/mol. The number of nitrogens with one attached hydrogen (secondary N) is 1. The molecule has 0 radical (unpaired) electrons. The zero-order valence-electron chi connectivity index (χ0n) is 9.41. The van der Waals surface area contributed by atoms with Crippen LogP contribution in [-0.4, -0.2) is 18.0 Å². The average Bonchev–Trinajstić information content (AvgIpc) is 2.83. The summed E-state index contributed by atoms with van der Waals surface area (Å²) in [5.74, 6) is 0. The largest absolute Gasteiger partial charge is 0.744 e. The maximum absolute atomic E-state index is 10.3. The van der Waals surface area contributed by atoms with E-state index >= 15 is 0 Å². The SMILES string of the molecule is CC[n+]1cc[nH]c1.O=S(=O)([O-])c1ccccc1. The van der Waals surface area contributed by atoms with Gasteiger partial charge in [0.2, 0.25) is 6.33 Å². The van der Waals surface area contributed by atoms with Crippen molar-refractivity contribution in [3.05, 3.63) is 49.1 Å². The minimum atomic E-state index is -4.25. The zero-order valence-corrected chi connectivity index (χ0v) is 10.2. The second kappa shape index (κ2) is 6.17. The van der Waals surface area contributed by atoms with Crippen LogP contribution in [0.1, 0.15) is 6.92 Å². The van der Waals surface area contributed by atoms with E-state index in [1.165, 1.54) is 24.3 Å². The molecule has 0 bridgehead atoms. The first-order valence-corrected chi connectivity index (χ1v) is 6.47. The van der Waals surface area contributed by atoms with Crippen LogP contribution in [0.4, 0.5) is 0 Å². The first kappa shape index (κ1) is 13.4. The van der Waals surface area contributed by atoms with E-state index in [1.54, 1.807) is 6.07 Å². The number of hydrogen-bond acceptors (Lipinski definition) is 3. The summed E-state index contributed by atoms with van der Waals surface area (Å²) in [6.45, 7) is 3.15. The Morgan fingerprint density at radius 2 is 1.94 bits per heavy atom. The molecule has 1 aromatic heterocycles. The Hall–Kier alpha value is -1.66. The van der Waals surface area contributed by atoms with Crippen molar-refractivity contribution in [1.29, 1.82) is 0 Å². The molecule has 17 heavy (non-hydrogen) atoms. The lowest BCUT2D eigenvalue weighted by molar-refractivity contribution is -0.692. The van der Waals surface area contributed by atoms with Gasteiger partial charge in [-0.25, -0.2) is 13.0 Å². The quantitative estimate of drug-likeness (QED) is 0.639. The number of imidazole rings is 1. The van der Waals surface area contributed by atoms with Gasteiger partial charge < -0.3 is 4.55 Å². The number of benzene rings is 1. The van der Waals surface area contributed by atoms with Crippen molar-refractivity contribution >= 4 is 10.1 Å². The lowest BCUT2D eigenvalue weighted by Gasteiger charge is -2.04. The van der Waals surface area contributed by atoms with Gasteiger partial charge in [-0.2, -0.15) is 0 Å². The summed E-state index contributed by atoms with van der Waals surface area (Å²) in [4.78, 5) is 2.76. The van der Waals surface area contributed by atoms with E-state index in [0.717, 1.165) is 6.54 Å². The number of hydrogen-bond donors (Lipinski definition) is 1. The summed E-state index contributed by atoms with van der Waals surface area (Å²) in [6, 6.07) is 7.19. The fourth-order valence-electron chi connectivity index (χ4n) is 1.10. The Balaban J connectivity index is 0.000000181. The van der Waals surface area contributed by atoms with E-state index < -0.39 is 10.1 Å². The van der Waals surface area contributed by atoms with Crippen LogP contribution in [0.2, 0.25) is 0 Å². The highest BCUT2D eigenvalue weighted by atomic mass is 32.2. The van der Waals surface area contributed by atoms with Crippen molar-refractivity contribution < 1.29 is 17.5 Å². The molecule has 1 N–H and O–H groups in total. The van der Waals surface area contributed by atoms with E-state index in [4.69, 9.17) is 0 Å². The fourth-order valence-corrected chi connectivity index (χ4v) is 1.59. The monoisotopic (exact) mass is 254 g/mol. The van der Waals surface area contributed by atoms with Crippen molar-refractivity contribution in [1.82, 2.24) is 4.98 Å². The van der Waals surface area contributed by atoms with E-state index in [0.29, 0.717) is 0 Å². The highest BCUT2D eigenvalue weighted by Crippen LogP contribution is 2.04. The topological polar surface area (TPSA) is 76.9 Å². The molecule has 0 amide bonds. The molecule has 1 heterocycles. The number of rotatable bonds is 2. The van der Waals surface area contributed by atoms with Crippen molar-refractivity contribution in [2.45, 2.75) is 18.4 Å².